The molecule has 0 amide bonds. The maximum absolute atomic E-state index is 13.4. The summed E-state index contributed by atoms with van der Waals surface area (Å²) < 4.78 is 18.9. The Morgan fingerprint density at radius 3 is 2.90 bits per heavy atom. The van der Waals surface area contributed by atoms with Crippen molar-refractivity contribution in [3.05, 3.63) is 63.4 Å². The number of rotatable bonds is 2. The largest absolute Gasteiger partial charge is 0.493 e. The molecule has 104 valence electrons. The second-order valence-corrected chi connectivity index (χ2v) is 5.40. The fourth-order valence-electron chi connectivity index (χ4n) is 2.45. The molecule has 2 nitrogen and oxygen atoms in total. The van der Waals surface area contributed by atoms with E-state index in [-0.39, 0.29) is 10.8 Å². The van der Waals surface area contributed by atoms with Gasteiger partial charge in [-0.2, -0.15) is 0 Å². The molecule has 1 aliphatic heterocycles. The first kappa shape index (κ1) is 13.4. The van der Waals surface area contributed by atoms with Gasteiger partial charge in [0.2, 0.25) is 0 Å². The quantitative estimate of drug-likeness (QED) is 0.912. The first-order chi connectivity index (χ1) is 9.56. The molecule has 0 fully saturated rings. The monoisotopic (exact) mass is 292 g/mol. The van der Waals surface area contributed by atoms with Crippen LogP contribution in [0.25, 0.3) is 0 Å². The number of hydrogen-bond acceptors (Lipinski definition) is 2. The summed E-state index contributed by atoms with van der Waals surface area (Å²) >= 11 is 6.04. The number of hydrogen-bond donors (Lipinski definition) is 1. The first-order valence-corrected chi connectivity index (χ1v) is 6.83. The molecule has 1 N–H and O–H groups in total. The number of aliphatic hydroxyl groups is 1. The van der Waals surface area contributed by atoms with E-state index in [0.717, 1.165) is 23.3 Å². The van der Waals surface area contributed by atoms with Gasteiger partial charge < -0.3 is 9.84 Å². The summed E-state index contributed by atoms with van der Waals surface area (Å²) in [6.45, 7) is 2.32. The Balaban J connectivity index is 2.00. The van der Waals surface area contributed by atoms with E-state index in [1.807, 2.05) is 18.2 Å². The van der Waals surface area contributed by atoms with Gasteiger partial charge in [-0.25, -0.2) is 4.39 Å². The number of halogens is 2. The summed E-state index contributed by atoms with van der Waals surface area (Å²) in [6.07, 6.45) is -0.0285. The zero-order valence-corrected chi connectivity index (χ0v) is 11.7. The van der Waals surface area contributed by atoms with Crippen LogP contribution in [0.2, 0.25) is 5.02 Å². The Morgan fingerprint density at radius 2 is 2.10 bits per heavy atom. The van der Waals surface area contributed by atoms with Crippen LogP contribution in [-0.4, -0.2) is 11.7 Å². The molecule has 0 radical (unpaired) electrons. The lowest BCUT2D eigenvalue weighted by Crippen LogP contribution is -2.02. The lowest BCUT2D eigenvalue weighted by molar-refractivity contribution is 0.220. The number of aliphatic hydroxyl groups excluding tert-OH is 1. The average Bonchev–Trinajstić information content (AvgIpc) is 2.89. The van der Waals surface area contributed by atoms with Crippen molar-refractivity contribution in [1.29, 1.82) is 0 Å². The SMILES string of the molecule is Cc1cc(C(O)c2ccc3c(c2)CCO3)c(Cl)cc1F. The van der Waals surface area contributed by atoms with Crippen LogP contribution in [0.4, 0.5) is 4.39 Å². The van der Waals surface area contributed by atoms with Gasteiger partial charge in [-0.1, -0.05) is 17.7 Å². The zero-order chi connectivity index (χ0) is 14.3. The van der Waals surface area contributed by atoms with Crippen molar-refractivity contribution in [3.63, 3.8) is 0 Å². The summed E-state index contributed by atoms with van der Waals surface area (Å²) in [5.41, 5.74) is 2.80. The molecular weight excluding hydrogens is 279 g/mol. The van der Waals surface area contributed by atoms with E-state index in [9.17, 15) is 9.50 Å². The summed E-state index contributed by atoms with van der Waals surface area (Å²) in [5.74, 6) is 0.496. The van der Waals surface area contributed by atoms with E-state index in [2.05, 4.69) is 0 Å². The lowest BCUT2D eigenvalue weighted by atomic mass is 9.97. The molecule has 3 rings (SSSR count). The second kappa shape index (κ2) is 5.08. The molecule has 0 saturated carbocycles. The van der Waals surface area contributed by atoms with E-state index >= 15 is 0 Å². The van der Waals surface area contributed by atoms with Crippen LogP contribution in [0, 0.1) is 12.7 Å². The average molecular weight is 293 g/mol. The van der Waals surface area contributed by atoms with Crippen LogP contribution < -0.4 is 4.74 Å². The van der Waals surface area contributed by atoms with Gasteiger partial charge in [0.15, 0.2) is 0 Å². The Hall–Kier alpha value is -1.58. The number of ether oxygens (including phenoxy) is 1. The second-order valence-electron chi connectivity index (χ2n) is 4.99. The van der Waals surface area contributed by atoms with Crippen LogP contribution in [0.15, 0.2) is 30.3 Å². The smallest absolute Gasteiger partial charge is 0.127 e. The van der Waals surface area contributed by atoms with Gasteiger partial charge >= 0.3 is 0 Å². The van der Waals surface area contributed by atoms with Gasteiger partial charge in [-0.15, -0.1) is 0 Å². The van der Waals surface area contributed by atoms with E-state index in [0.29, 0.717) is 17.7 Å². The van der Waals surface area contributed by atoms with Crippen LogP contribution >= 0.6 is 11.6 Å². The molecule has 4 heteroatoms. The molecule has 1 unspecified atom stereocenters. The number of benzene rings is 2. The Labute approximate surface area is 121 Å². The number of fused-ring (bicyclic) bond motifs is 1. The van der Waals surface area contributed by atoms with Crippen LogP contribution in [0.5, 0.6) is 5.75 Å². The van der Waals surface area contributed by atoms with E-state index in [1.165, 1.54) is 6.07 Å². The predicted molar refractivity (Wildman–Crippen MR) is 75.8 cm³/mol. The van der Waals surface area contributed by atoms with Crippen LogP contribution in [0.3, 0.4) is 0 Å². The molecule has 1 heterocycles. The maximum atomic E-state index is 13.4. The molecule has 2 aromatic rings. The van der Waals surface area contributed by atoms with Gasteiger partial charge in [0, 0.05) is 17.0 Å². The van der Waals surface area contributed by atoms with Gasteiger partial charge in [0.25, 0.3) is 0 Å². The zero-order valence-electron chi connectivity index (χ0n) is 11.0. The minimum absolute atomic E-state index is 0.234. The molecule has 0 aromatic heterocycles. The Morgan fingerprint density at radius 1 is 1.30 bits per heavy atom. The molecule has 0 spiro atoms. The molecule has 0 aliphatic carbocycles. The van der Waals surface area contributed by atoms with Gasteiger partial charge in [0.05, 0.1) is 6.61 Å². The molecule has 0 saturated heterocycles. The maximum Gasteiger partial charge on any atom is 0.127 e. The predicted octanol–water partition coefficient (Wildman–Crippen LogP) is 3.80. The van der Waals surface area contributed by atoms with Crippen molar-refractivity contribution < 1.29 is 14.2 Å². The molecule has 1 atom stereocenters. The standard InChI is InChI=1S/C16H14ClFO2/c1-9-6-12(13(17)8-14(9)18)16(19)11-2-3-15-10(7-11)4-5-20-15/h2-3,6-8,16,19H,4-5H2,1H3. The minimum atomic E-state index is -0.868. The van der Waals surface area contributed by atoms with E-state index < -0.39 is 6.10 Å². The van der Waals surface area contributed by atoms with Crippen molar-refractivity contribution in [1.82, 2.24) is 0 Å². The van der Waals surface area contributed by atoms with E-state index in [1.54, 1.807) is 13.0 Å². The number of aryl methyl sites for hydroxylation is 1. The molecule has 1 aliphatic rings. The van der Waals surface area contributed by atoms with Crippen molar-refractivity contribution in [2.24, 2.45) is 0 Å². The highest BCUT2D eigenvalue weighted by Crippen LogP contribution is 2.33. The van der Waals surface area contributed by atoms with Crippen molar-refractivity contribution in [3.8, 4) is 5.75 Å². The van der Waals surface area contributed by atoms with Crippen molar-refractivity contribution in [2.75, 3.05) is 6.61 Å². The van der Waals surface area contributed by atoms with Crippen LogP contribution in [0.1, 0.15) is 28.4 Å². The van der Waals surface area contributed by atoms with Crippen molar-refractivity contribution >= 4 is 11.6 Å². The summed E-state index contributed by atoms with van der Waals surface area (Å²) in [6, 6.07) is 8.41. The van der Waals surface area contributed by atoms with Gasteiger partial charge in [-0.05, 0) is 47.9 Å². The first-order valence-electron chi connectivity index (χ1n) is 6.45. The third-order valence-electron chi connectivity index (χ3n) is 3.60. The normalized spacial score (nSPS) is 14.8. The molecule has 0 bridgehead atoms. The van der Waals surface area contributed by atoms with Crippen molar-refractivity contribution in [2.45, 2.75) is 19.4 Å². The fraction of sp³-hybridized carbons (Fsp3) is 0.250. The van der Waals surface area contributed by atoms with E-state index in [4.69, 9.17) is 16.3 Å². The highest BCUT2D eigenvalue weighted by Gasteiger charge is 2.19. The highest BCUT2D eigenvalue weighted by molar-refractivity contribution is 6.31. The molecule has 20 heavy (non-hydrogen) atoms. The Kier molecular flexibility index (Phi) is 3.40. The summed E-state index contributed by atoms with van der Waals surface area (Å²) in [4.78, 5) is 0. The third-order valence-corrected chi connectivity index (χ3v) is 3.93. The van der Waals surface area contributed by atoms with Gasteiger partial charge in [0.1, 0.15) is 17.7 Å². The fourth-order valence-corrected chi connectivity index (χ4v) is 2.70. The third kappa shape index (κ3) is 2.28. The summed E-state index contributed by atoms with van der Waals surface area (Å²) in [5, 5.41) is 10.7. The lowest BCUT2D eigenvalue weighted by Gasteiger charge is -2.15. The molecular formula is C16H14ClFO2. The minimum Gasteiger partial charge on any atom is -0.493 e. The molecule has 2 aromatic carbocycles. The topological polar surface area (TPSA) is 29.5 Å². The highest BCUT2D eigenvalue weighted by atomic mass is 35.5. The van der Waals surface area contributed by atoms with Crippen LogP contribution in [-0.2, 0) is 6.42 Å². The Bertz CT molecular complexity index is 670. The summed E-state index contributed by atoms with van der Waals surface area (Å²) in [7, 11) is 0. The van der Waals surface area contributed by atoms with Gasteiger partial charge in [-0.3, -0.25) is 0 Å².